The molecule has 1 unspecified atom stereocenters. The number of hydrogen-bond acceptors (Lipinski definition) is 2. The van der Waals surface area contributed by atoms with Crippen molar-refractivity contribution in [1.29, 1.82) is 0 Å². The van der Waals surface area contributed by atoms with Crippen molar-refractivity contribution < 1.29 is 9.53 Å². The molecule has 1 saturated heterocycles. The molecule has 1 atom stereocenters. The summed E-state index contributed by atoms with van der Waals surface area (Å²) in [7, 11) is 0. The lowest BCUT2D eigenvalue weighted by molar-refractivity contribution is -0.116. The van der Waals surface area contributed by atoms with Gasteiger partial charge in [-0.05, 0) is 42.4 Å². The number of halogens is 1. The zero-order valence-corrected chi connectivity index (χ0v) is 12.4. The van der Waals surface area contributed by atoms with E-state index in [1.165, 1.54) is 11.1 Å². The second-order valence-electron chi connectivity index (χ2n) is 5.32. The van der Waals surface area contributed by atoms with Crippen LogP contribution in [-0.4, -0.2) is 19.1 Å². The minimum atomic E-state index is 0.125. The zero-order chi connectivity index (χ0) is 13.2. The van der Waals surface area contributed by atoms with Crippen LogP contribution in [-0.2, 0) is 16.0 Å². The van der Waals surface area contributed by atoms with E-state index in [-0.39, 0.29) is 5.91 Å². The van der Waals surface area contributed by atoms with Crippen LogP contribution in [0.15, 0.2) is 18.2 Å². The topological polar surface area (TPSA) is 38.3 Å². The molecular formula is C15H18BrNO2. The molecule has 3 nitrogen and oxygen atoms in total. The van der Waals surface area contributed by atoms with Gasteiger partial charge in [-0.3, -0.25) is 4.79 Å². The van der Waals surface area contributed by atoms with Crippen molar-refractivity contribution in [1.82, 2.24) is 0 Å². The second-order valence-corrected chi connectivity index (χ2v) is 6.30. The largest absolute Gasteiger partial charge is 0.381 e. The Kier molecular flexibility index (Phi) is 3.89. The number of carbonyl (C=O) groups is 1. The number of ether oxygens (including phenoxy) is 1. The number of benzene rings is 1. The van der Waals surface area contributed by atoms with Crippen molar-refractivity contribution in [2.45, 2.75) is 30.5 Å². The van der Waals surface area contributed by atoms with Gasteiger partial charge in [0.25, 0.3) is 0 Å². The van der Waals surface area contributed by atoms with Gasteiger partial charge in [-0.15, -0.1) is 0 Å². The molecule has 0 bridgehead atoms. The molecule has 19 heavy (non-hydrogen) atoms. The maximum atomic E-state index is 11.4. The monoisotopic (exact) mass is 323 g/mol. The predicted molar refractivity (Wildman–Crippen MR) is 78.6 cm³/mol. The molecule has 2 aliphatic rings. The van der Waals surface area contributed by atoms with Crippen LogP contribution < -0.4 is 5.32 Å². The number of carbonyl (C=O) groups excluding carboxylic acids is 1. The Bertz CT molecular complexity index is 483. The van der Waals surface area contributed by atoms with Crippen LogP contribution in [0.25, 0.3) is 0 Å². The lowest BCUT2D eigenvalue weighted by atomic mass is 9.90. The summed E-state index contributed by atoms with van der Waals surface area (Å²) in [6, 6.07) is 6.40. The third kappa shape index (κ3) is 2.84. The maximum absolute atomic E-state index is 11.4. The fourth-order valence-corrected chi connectivity index (χ4v) is 3.67. The number of hydrogen-bond donors (Lipinski definition) is 1. The van der Waals surface area contributed by atoms with Gasteiger partial charge >= 0.3 is 0 Å². The highest BCUT2D eigenvalue weighted by atomic mass is 79.9. The van der Waals surface area contributed by atoms with Crippen LogP contribution in [0.1, 0.15) is 35.2 Å². The van der Waals surface area contributed by atoms with Crippen LogP contribution in [0.5, 0.6) is 0 Å². The lowest BCUT2D eigenvalue weighted by Gasteiger charge is -2.28. The van der Waals surface area contributed by atoms with E-state index in [2.05, 4.69) is 33.4 Å². The molecule has 4 heteroatoms. The zero-order valence-electron chi connectivity index (χ0n) is 10.8. The fraction of sp³-hybridized carbons (Fsp3) is 0.533. The van der Waals surface area contributed by atoms with Gasteiger partial charge in [-0.25, -0.2) is 0 Å². The number of nitrogens with one attached hydrogen (secondary N) is 1. The first-order chi connectivity index (χ1) is 9.24. The molecule has 2 aliphatic heterocycles. The second kappa shape index (κ2) is 5.63. The van der Waals surface area contributed by atoms with E-state index in [1.54, 1.807) is 0 Å². The summed E-state index contributed by atoms with van der Waals surface area (Å²) < 4.78 is 5.42. The van der Waals surface area contributed by atoms with Gasteiger partial charge in [0.2, 0.25) is 5.91 Å². The van der Waals surface area contributed by atoms with Crippen molar-refractivity contribution >= 4 is 27.5 Å². The summed E-state index contributed by atoms with van der Waals surface area (Å²) in [5.74, 6) is 0.769. The smallest absolute Gasteiger partial charge is 0.224 e. The van der Waals surface area contributed by atoms with Crippen LogP contribution in [0.4, 0.5) is 5.69 Å². The molecule has 1 N–H and O–H groups in total. The SMILES string of the molecule is O=C1CCc2cc(C(Br)C3CCOCC3)ccc2N1. The first-order valence-corrected chi connectivity index (χ1v) is 7.80. The average molecular weight is 324 g/mol. The number of anilines is 1. The molecular weight excluding hydrogens is 306 g/mol. The van der Waals surface area contributed by atoms with Gasteiger partial charge < -0.3 is 10.1 Å². The molecule has 0 aromatic heterocycles. The van der Waals surface area contributed by atoms with E-state index in [4.69, 9.17) is 4.74 Å². The summed E-state index contributed by atoms with van der Waals surface area (Å²) in [6.45, 7) is 1.74. The molecule has 0 saturated carbocycles. The summed E-state index contributed by atoms with van der Waals surface area (Å²) in [5.41, 5.74) is 3.56. The number of rotatable bonds is 2. The van der Waals surface area contributed by atoms with Crippen LogP contribution >= 0.6 is 15.9 Å². The van der Waals surface area contributed by atoms with E-state index in [9.17, 15) is 4.79 Å². The Labute approximate surface area is 121 Å². The Balaban J connectivity index is 1.79. The average Bonchev–Trinajstić information content (AvgIpc) is 2.47. The van der Waals surface area contributed by atoms with E-state index >= 15 is 0 Å². The Morgan fingerprint density at radius 3 is 2.84 bits per heavy atom. The normalized spacial score (nSPS) is 21.6. The van der Waals surface area contributed by atoms with Gasteiger partial charge in [0.1, 0.15) is 0 Å². The molecule has 1 aromatic carbocycles. The number of alkyl halides is 1. The standard InChI is InChI=1S/C15H18BrNO2/c16-15(10-5-7-19-8-6-10)12-1-3-13-11(9-12)2-4-14(18)17-13/h1,3,9-10,15H,2,4-8H2,(H,17,18). The van der Waals surface area contributed by atoms with Gasteiger partial charge in [-0.2, -0.15) is 0 Å². The molecule has 1 amide bonds. The molecule has 3 rings (SSSR count). The van der Waals surface area contributed by atoms with E-state index in [0.717, 1.165) is 38.2 Å². The Morgan fingerprint density at radius 2 is 2.05 bits per heavy atom. The van der Waals surface area contributed by atoms with Crippen molar-refractivity contribution in [3.05, 3.63) is 29.3 Å². The van der Waals surface area contributed by atoms with Crippen LogP contribution in [0, 0.1) is 5.92 Å². The van der Waals surface area contributed by atoms with E-state index in [0.29, 0.717) is 17.2 Å². The van der Waals surface area contributed by atoms with Crippen molar-refractivity contribution in [2.75, 3.05) is 18.5 Å². The fourth-order valence-electron chi connectivity index (χ4n) is 2.86. The third-order valence-corrected chi connectivity index (χ3v) is 5.30. The number of aryl methyl sites for hydroxylation is 1. The molecule has 0 aliphatic carbocycles. The van der Waals surface area contributed by atoms with Crippen molar-refractivity contribution in [3.63, 3.8) is 0 Å². The predicted octanol–water partition coefficient (Wildman–Crippen LogP) is 3.43. The van der Waals surface area contributed by atoms with Crippen molar-refractivity contribution in [3.8, 4) is 0 Å². The molecule has 1 fully saturated rings. The Morgan fingerprint density at radius 1 is 1.26 bits per heavy atom. The minimum absolute atomic E-state index is 0.125. The summed E-state index contributed by atoms with van der Waals surface area (Å²) in [4.78, 5) is 11.7. The highest BCUT2D eigenvalue weighted by Crippen LogP contribution is 2.38. The van der Waals surface area contributed by atoms with Gasteiger partial charge in [0.15, 0.2) is 0 Å². The van der Waals surface area contributed by atoms with Gasteiger partial charge in [-0.1, -0.05) is 28.1 Å². The summed E-state index contributed by atoms with van der Waals surface area (Å²) in [5, 5.41) is 2.93. The van der Waals surface area contributed by atoms with Gasteiger partial charge in [0, 0.05) is 30.1 Å². The van der Waals surface area contributed by atoms with E-state index < -0.39 is 0 Å². The highest BCUT2D eigenvalue weighted by Gasteiger charge is 2.24. The first kappa shape index (κ1) is 13.1. The molecule has 102 valence electrons. The van der Waals surface area contributed by atoms with Crippen LogP contribution in [0.3, 0.4) is 0 Å². The highest BCUT2D eigenvalue weighted by molar-refractivity contribution is 9.09. The molecule has 2 heterocycles. The molecule has 1 aromatic rings. The number of amides is 1. The summed E-state index contributed by atoms with van der Waals surface area (Å²) in [6.07, 6.45) is 3.68. The van der Waals surface area contributed by atoms with Crippen LogP contribution in [0.2, 0.25) is 0 Å². The van der Waals surface area contributed by atoms with Gasteiger partial charge in [0.05, 0.1) is 0 Å². The molecule has 0 radical (unpaired) electrons. The third-order valence-electron chi connectivity index (χ3n) is 4.02. The minimum Gasteiger partial charge on any atom is -0.381 e. The quantitative estimate of drug-likeness (QED) is 0.847. The lowest BCUT2D eigenvalue weighted by Crippen LogP contribution is -2.21. The first-order valence-electron chi connectivity index (χ1n) is 6.88. The summed E-state index contributed by atoms with van der Waals surface area (Å²) >= 11 is 3.84. The Hall–Kier alpha value is -0.870. The van der Waals surface area contributed by atoms with E-state index in [1.807, 2.05) is 6.07 Å². The number of fused-ring (bicyclic) bond motifs is 1. The molecule has 0 spiro atoms. The maximum Gasteiger partial charge on any atom is 0.224 e. The van der Waals surface area contributed by atoms with Crippen molar-refractivity contribution in [2.24, 2.45) is 5.92 Å².